The highest BCUT2D eigenvalue weighted by molar-refractivity contribution is 9.10. The summed E-state index contributed by atoms with van der Waals surface area (Å²) >= 11 is 10.5. The molecule has 0 bridgehead atoms. The van der Waals surface area contributed by atoms with Gasteiger partial charge in [0.25, 0.3) is 0 Å². The molecule has 212 valence electrons. The second kappa shape index (κ2) is 12.1. The van der Waals surface area contributed by atoms with Gasteiger partial charge in [0.2, 0.25) is 5.89 Å². The molecule has 5 rings (SSSR count). The molecule has 2 saturated heterocycles. The quantitative estimate of drug-likeness (QED) is 0.326. The van der Waals surface area contributed by atoms with Crippen molar-refractivity contribution in [2.45, 2.75) is 77.0 Å². The molecule has 39 heavy (non-hydrogen) atoms. The number of halogens is 2. The molecule has 2 aromatic heterocycles. The van der Waals surface area contributed by atoms with Crippen molar-refractivity contribution in [1.82, 2.24) is 24.8 Å². The van der Waals surface area contributed by atoms with Crippen LogP contribution in [-0.2, 0) is 27.1 Å². The van der Waals surface area contributed by atoms with Crippen LogP contribution in [0.5, 0.6) is 0 Å². The predicted octanol–water partition coefficient (Wildman–Crippen LogP) is 6.06. The zero-order chi connectivity index (χ0) is 27.6. The van der Waals surface area contributed by atoms with Gasteiger partial charge >= 0.3 is 6.09 Å². The van der Waals surface area contributed by atoms with Gasteiger partial charge in [-0.25, -0.2) is 9.48 Å². The fraction of sp³-hybridized carbons (Fsp3) is 0.630. The smallest absolute Gasteiger partial charge is 0.410 e. The number of carbonyl (C=O) groups is 1. The lowest BCUT2D eigenvalue weighted by atomic mass is 10.1. The number of hydrogen-bond acceptors (Lipinski definition) is 8. The van der Waals surface area contributed by atoms with E-state index in [0.29, 0.717) is 49.5 Å². The van der Waals surface area contributed by atoms with Gasteiger partial charge in [-0.15, -0.1) is 0 Å². The third-order valence-corrected chi connectivity index (χ3v) is 8.14. The van der Waals surface area contributed by atoms with Crippen molar-refractivity contribution in [3.63, 3.8) is 0 Å². The number of benzene rings is 1. The van der Waals surface area contributed by atoms with Crippen molar-refractivity contribution in [3.05, 3.63) is 39.0 Å². The summed E-state index contributed by atoms with van der Waals surface area (Å²) in [6.07, 6.45) is 6.74. The van der Waals surface area contributed by atoms with Crippen LogP contribution in [0.1, 0.15) is 75.9 Å². The number of carbonyl (C=O) groups excluding carboxylic acids is 1. The third-order valence-electron chi connectivity index (χ3n) is 6.90. The Kier molecular flexibility index (Phi) is 8.80. The molecule has 0 N–H and O–H groups in total. The fourth-order valence-electron chi connectivity index (χ4n) is 4.95. The molecule has 2 aliphatic heterocycles. The highest BCUT2D eigenvalue weighted by atomic mass is 79.9. The summed E-state index contributed by atoms with van der Waals surface area (Å²) in [5.41, 5.74) is 1.43. The SMILES string of the molecule is CC(C)(C)OC(=O)N1CCOC[C@@H](c2noc(CCCc3c(Cl)cc4c(cnn4C4CCCCO4)c3Br)n2)C1. The minimum Gasteiger partial charge on any atom is -0.444 e. The van der Waals surface area contributed by atoms with Crippen molar-refractivity contribution < 1.29 is 23.5 Å². The Balaban J connectivity index is 1.21. The number of fused-ring (bicyclic) bond motifs is 1. The molecule has 2 atom stereocenters. The average molecular weight is 625 g/mol. The third kappa shape index (κ3) is 6.75. The molecule has 1 unspecified atom stereocenters. The number of hydrogen-bond donors (Lipinski definition) is 0. The molecule has 10 nitrogen and oxygen atoms in total. The molecule has 3 aromatic rings. The van der Waals surface area contributed by atoms with Crippen molar-refractivity contribution in [2.75, 3.05) is 32.9 Å². The molecule has 2 fully saturated rings. The van der Waals surface area contributed by atoms with Gasteiger partial charge in [-0.1, -0.05) is 16.8 Å². The van der Waals surface area contributed by atoms with E-state index in [2.05, 4.69) is 31.2 Å². The molecule has 1 aromatic carbocycles. The maximum atomic E-state index is 12.6. The van der Waals surface area contributed by atoms with Crippen molar-refractivity contribution >= 4 is 44.5 Å². The molecular formula is C27H35BrClN5O5. The Labute approximate surface area is 241 Å². The summed E-state index contributed by atoms with van der Waals surface area (Å²) < 4.78 is 25.6. The van der Waals surface area contributed by atoms with Crippen LogP contribution in [0, 0.1) is 0 Å². The molecule has 1 amide bonds. The normalized spacial score (nSPS) is 20.8. The van der Waals surface area contributed by atoms with Crippen LogP contribution in [0.15, 0.2) is 21.3 Å². The van der Waals surface area contributed by atoms with E-state index in [1.807, 2.05) is 37.7 Å². The van der Waals surface area contributed by atoms with Crippen LogP contribution in [-0.4, -0.2) is 69.4 Å². The van der Waals surface area contributed by atoms with E-state index in [1.165, 1.54) is 0 Å². The first-order chi connectivity index (χ1) is 18.7. The van der Waals surface area contributed by atoms with Crippen LogP contribution >= 0.6 is 27.5 Å². The molecule has 0 aliphatic carbocycles. The highest BCUT2D eigenvalue weighted by Crippen LogP contribution is 2.36. The van der Waals surface area contributed by atoms with Crippen LogP contribution < -0.4 is 0 Å². The van der Waals surface area contributed by atoms with Crippen molar-refractivity contribution in [2.24, 2.45) is 0 Å². The van der Waals surface area contributed by atoms with E-state index in [4.69, 9.17) is 30.3 Å². The summed E-state index contributed by atoms with van der Waals surface area (Å²) in [6.45, 7) is 8.04. The van der Waals surface area contributed by atoms with E-state index in [-0.39, 0.29) is 18.2 Å². The lowest BCUT2D eigenvalue weighted by Gasteiger charge is -2.27. The topological polar surface area (TPSA) is 105 Å². The van der Waals surface area contributed by atoms with Gasteiger partial charge in [0.05, 0.1) is 30.8 Å². The Morgan fingerprint density at radius 1 is 1.26 bits per heavy atom. The van der Waals surface area contributed by atoms with E-state index in [1.54, 1.807) is 4.90 Å². The summed E-state index contributed by atoms with van der Waals surface area (Å²) in [6, 6.07) is 1.98. The van der Waals surface area contributed by atoms with Gasteiger partial charge in [0, 0.05) is 41.0 Å². The van der Waals surface area contributed by atoms with Gasteiger partial charge in [0.1, 0.15) is 5.60 Å². The summed E-state index contributed by atoms with van der Waals surface area (Å²) in [7, 11) is 0. The van der Waals surface area contributed by atoms with Gasteiger partial charge in [-0.2, -0.15) is 10.1 Å². The number of rotatable bonds is 6. The average Bonchev–Trinajstić information content (AvgIpc) is 3.46. The molecule has 0 radical (unpaired) electrons. The molecule has 0 spiro atoms. The van der Waals surface area contributed by atoms with E-state index in [9.17, 15) is 4.79 Å². The number of aryl methyl sites for hydroxylation is 1. The fourth-order valence-corrected chi connectivity index (χ4v) is 6.07. The zero-order valence-electron chi connectivity index (χ0n) is 22.6. The second-order valence-electron chi connectivity index (χ2n) is 11.1. The standard InChI is InChI=1S/C27H35BrClN5O5/c1-27(2,3)38-26(35)33-10-12-36-16-17(15-33)25-31-22(39-32-25)8-6-7-18-20(29)13-21-19(24(18)28)14-30-34(21)23-9-4-5-11-37-23/h13-14,17,23H,4-12,15-16H2,1-3H3/t17-,23?/m0/s1. The number of amides is 1. The van der Waals surface area contributed by atoms with Crippen molar-refractivity contribution in [1.29, 1.82) is 0 Å². The second-order valence-corrected chi connectivity index (χ2v) is 12.3. The largest absolute Gasteiger partial charge is 0.444 e. The van der Waals surface area contributed by atoms with Crippen LogP contribution in [0.3, 0.4) is 0 Å². The summed E-state index contributed by atoms with van der Waals surface area (Å²) in [5, 5.41) is 10.5. The number of aromatic nitrogens is 4. The van der Waals surface area contributed by atoms with Gasteiger partial charge < -0.3 is 23.6 Å². The minimum atomic E-state index is -0.564. The number of ether oxygens (including phenoxy) is 3. The summed E-state index contributed by atoms with van der Waals surface area (Å²) in [5.74, 6) is 0.903. The van der Waals surface area contributed by atoms with Crippen LogP contribution in [0.4, 0.5) is 4.79 Å². The Bertz CT molecular complexity index is 1300. The highest BCUT2D eigenvalue weighted by Gasteiger charge is 2.30. The first-order valence-electron chi connectivity index (χ1n) is 13.5. The first kappa shape index (κ1) is 28.3. The first-order valence-corrected chi connectivity index (χ1v) is 14.7. The van der Waals surface area contributed by atoms with Gasteiger partial charge in [-0.05, 0) is 80.4 Å². The summed E-state index contributed by atoms with van der Waals surface area (Å²) in [4.78, 5) is 18.9. The van der Waals surface area contributed by atoms with Crippen LogP contribution in [0.2, 0.25) is 5.02 Å². The van der Waals surface area contributed by atoms with Gasteiger partial charge in [-0.3, -0.25) is 0 Å². The molecule has 4 heterocycles. The van der Waals surface area contributed by atoms with E-state index < -0.39 is 5.60 Å². The number of nitrogens with zero attached hydrogens (tertiary/aromatic N) is 5. The predicted molar refractivity (Wildman–Crippen MR) is 149 cm³/mol. The zero-order valence-corrected chi connectivity index (χ0v) is 25.0. The lowest BCUT2D eigenvalue weighted by molar-refractivity contribution is -0.0366. The van der Waals surface area contributed by atoms with E-state index in [0.717, 1.165) is 59.7 Å². The maximum Gasteiger partial charge on any atom is 0.410 e. The Morgan fingerprint density at radius 2 is 2.10 bits per heavy atom. The lowest BCUT2D eigenvalue weighted by Crippen LogP contribution is -2.39. The van der Waals surface area contributed by atoms with E-state index >= 15 is 0 Å². The minimum absolute atomic E-state index is 0.0492. The molecule has 0 saturated carbocycles. The van der Waals surface area contributed by atoms with Gasteiger partial charge in [0.15, 0.2) is 12.1 Å². The molecule has 12 heteroatoms. The Morgan fingerprint density at radius 3 is 2.87 bits per heavy atom. The monoisotopic (exact) mass is 623 g/mol. The molecular weight excluding hydrogens is 590 g/mol. The molecule has 2 aliphatic rings. The Hall–Kier alpha value is -2.21. The van der Waals surface area contributed by atoms with Crippen LogP contribution in [0.25, 0.3) is 10.9 Å². The van der Waals surface area contributed by atoms with Crippen molar-refractivity contribution in [3.8, 4) is 0 Å². The maximum absolute atomic E-state index is 12.6.